The minimum absolute atomic E-state index is 0.00546. The number of anilines is 1. The molecule has 5 rings (SSSR count). The molecule has 3 N–H and O–H groups in total. The fourth-order valence-corrected chi connectivity index (χ4v) is 9.87. The Labute approximate surface area is 223 Å². The molecule has 0 radical (unpaired) electrons. The number of aliphatic hydroxyl groups is 1. The van der Waals surface area contributed by atoms with Crippen molar-refractivity contribution in [1.29, 1.82) is 0 Å². The van der Waals surface area contributed by atoms with Crippen LogP contribution in [0.15, 0.2) is 48.5 Å². The first-order chi connectivity index (χ1) is 17.2. The number of aliphatic hydroxyl groups excluding tert-OH is 1. The molecule has 2 bridgehead atoms. The molecule has 190 valence electrons. The lowest BCUT2D eigenvalue weighted by atomic mass is 9.70. The van der Waals surface area contributed by atoms with E-state index < -0.39 is 28.7 Å². The van der Waals surface area contributed by atoms with Crippen LogP contribution in [0.25, 0.3) is 0 Å². The van der Waals surface area contributed by atoms with E-state index in [0.717, 1.165) is 16.7 Å². The number of fused-ring (bicyclic) bond motifs is 1. The minimum atomic E-state index is -0.850. The van der Waals surface area contributed by atoms with E-state index in [1.165, 1.54) is 0 Å². The normalized spacial score (nSPS) is 31.3. The number of benzene rings is 2. The number of nitrogens with one attached hydrogen (secondary N) is 2. The second-order valence-corrected chi connectivity index (χ2v) is 12.7. The quantitative estimate of drug-likeness (QED) is 0.462. The molecule has 0 aromatic heterocycles. The van der Waals surface area contributed by atoms with Gasteiger partial charge >= 0.3 is 0 Å². The van der Waals surface area contributed by atoms with Gasteiger partial charge in [0.2, 0.25) is 17.7 Å². The third-order valence-corrected chi connectivity index (χ3v) is 11.1. The summed E-state index contributed by atoms with van der Waals surface area (Å²) in [4.78, 5) is 42.9. The van der Waals surface area contributed by atoms with Gasteiger partial charge in [-0.3, -0.25) is 14.4 Å². The summed E-state index contributed by atoms with van der Waals surface area (Å²) in [5.74, 6) is -1.93. The maximum absolute atomic E-state index is 14.2. The zero-order valence-electron chi connectivity index (χ0n) is 20.4. The molecule has 0 aliphatic carbocycles. The predicted octanol–water partition coefficient (Wildman–Crippen LogP) is 3.19. The number of rotatable bonds is 6. The lowest BCUT2D eigenvalue weighted by molar-refractivity contribution is -0.142. The summed E-state index contributed by atoms with van der Waals surface area (Å²) < 4.78 is -0.781. The molecular weight excluding hydrogens is 542 g/mol. The Kier molecular flexibility index (Phi) is 6.68. The summed E-state index contributed by atoms with van der Waals surface area (Å²) in [6, 6.07) is 13.6. The topological polar surface area (TPSA) is 98.7 Å². The summed E-state index contributed by atoms with van der Waals surface area (Å²) in [7, 11) is 1.58. The SMILES string of the molecule is CNC(=O)[C@H]1[C@H]2C(=O)N([C@H](CO)c3ccccc3)C(C(=O)Nc3cc(C)ccc3C)C23CC(Br)[C@@H]1S3. The molecule has 1 spiro atoms. The van der Waals surface area contributed by atoms with Gasteiger partial charge in [0.25, 0.3) is 0 Å². The number of alkyl halides is 1. The van der Waals surface area contributed by atoms with E-state index in [9.17, 15) is 19.5 Å². The molecule has 36 heavy (non-hydrogen) atoms. The third kappa shape index (κ3) is 3.78. The molecule has 3 saturated heterocycles. The minimum Gasteiger partial charge on any atom is -0.394 e. The van der Waals surface area contributed by atoms with Crippen LogP contribution in [0.1, 0.15) is 29.2 Å². The van der Waals surface area contributed by atoms with E-state index in [1.807, 2.05) is 62.4 Å². The van der Waals surface area contributed by atoms with Crippen LogP contribution in [0.3, 0.4) is 0 Å². The molecule has 3 unspecified atom stereocenters. The summed E-state index contributed by atoms with van der Waals surface area (Å²) in [5, 5.41) is 16.2. The summed E-state index contributed by atoms with van der Waals surface area (Å²) in [6.45, 7) is 3.56. The Bertz CT molecular complexity index is 1210. The average Bonchev–Trinajstić information content (AvgIpc) is 3.46. The van der Waals surface area contributed by atoms with Gasteiger partial charge in [-0.05, 0) is 43.0 Å². The maximum atomic E-state index is 14.2. The summed E-state index contributed by atoms with van der Waals surface area (Å²) in [5.41, 5.74) is 3.38. The summed E-state index contributed by atoms with van der Waals surface area (Å²) >= 11 is 5.34. The number of nitrogens with zero attached hydrogens (tertiary/aromatic N) is 1. The maximum Gasteiger partial charge on any atom is 0.248 e. The van der Waals surface area contributed by atoms with Gasteiger partial charge in [0.05, 0.1) is 29.2 Å². The van der Waals surface area contributed by atoms with Gasteiger partial charge in [0, 0.05) is 22.8 Å². The van der Waals surface area contributed by atoms with E-state index >= 15 is 0 Å². The van der Waals surface area contributed by atoms with Crippen molar-refractivity contribution >= 4 is 51.1 Å². The van der Waals surface area contributed by atoms with Crippen LogP contribution >= 0.6 is 27.7 Å². The van der Waals surface area contributed by atoms with Crippen molar-refractivity contribution in [2.24, 2.45) is 11.8 Å². The lowest BCUT2D eigenvalue weighted by Gasteiger charge is -2.37. The highest BCUT2D eigenvalue weighted by atomic mass is 79.9. The largest absolute Gasteiger partial charge is 0.394 e. The standard InChI is InChI=1S/C27H30BrN3O4S/c1-14-9-10-15(2)18(11-14)30-25(34)23-27-12-17(28)22(36-27)20(24(33)29-3)21(27)26(35)31(23)19(13-32)16-7-5-4-6-8-16/h4-11,17,19-23,32H,12-13H2,1-3H3,(H,29,33)(H,30,34)/t17?,19-,20+,21+,22+,23?,27?/m1/s1. The molecule has 2 aromatic rings. The van der Waals surface area contributed by atoms with E-state index in [1.54, 1.807) is 23.7 Å². The Balaban J connectivity index is 1.63. The van der Waals surface area contributed by atoms with Crippen LogP contribution < -0.4 is 10.6 Å². The molecular formula is C27H30BrN3O4S. The smallest absolute Gasteiger partial charge is 0.248 e. The second-order valence-electron chi connectivity index (χ2n) is 9.94. The molecule has 9 heteroatoms. The fraction of sp³-hybridized carbons (Fsp3) is 0.444. The van der Waals surface area contributed by atoms with Gasteiger partial charge in [-0.15, -0.1) is 11.8 Å². The number of hydrogen-bond acceptors (Lipinski definition) is 5. The van der Waals surface area contributed by atoms with Gasteiger partial charge in [0.1, 0.15) is 6.04 Å². The predicted molar refractivity (Wildman–Crippen MR) is 144 cm³/mol. The molecule has 2 aromatic carbocycles. The summed E-state index contributed by atoms with van der Waals surface area (Å²) in [6.07, 6.45) is 0.584. The van der Waals surface area contributed by atoms with E-state index in [2.05, 4.69) is 26.6 Å². The van der Waals surface area contributed by atoms with Crippen molar-refractivity contribution in [2.45, 2.75) is 47.2 Å². The molecule has 3 amide bonds. The monoisotopic (exact) mass is 571 g/mol. The first-order valence-corrected chi connectivity index (χ1v) is 13.9. The van der Waals surface area contributed by atoms with E-state index in [4.69, 9.17) is 0 Å². The number of amides is 3. The van der Waals surface area contributed by atoms with Crippen molar-refractivity contribution in [3.05, 3.63) is 65.2 Å². The molecule has 3 heterocycles. The second kappa shape index (κ2) is 9.50. The van der Waals surface area contributed by atoms with Gasteiger partial charge in [-0.25, -0.2) is 0 Å². The number of carbonyl (C=O) groups is 3. The lowest BCUT2D eigenvalue weighted by Crippen LogP contribution is -2.53. The Morgan fingerprint density at radius 2 is 1.92 bits per heavy atom. The van der Waals surface area contributed by atoms with Gasteiger partial charge < -0.3 is 20.6 Å². The molecule has 3 aliphatic rings. The first-order valence-electron chi connectivity index (χ1n) is 12.1. The number of hydrogen-bond donors (Lipinski definition) is 3. The number of halogens is 1. The molecule has 0 saturated carbocycles. The third-order valence-electron chi connectivity index (χ3n) is 7.87. The molecule has 3 aliphatic heterocycles. The number of thioether (sulfide) groups is 1. The van der Waals surface area contributed by atoms with Crippen LogP contribution in [0.2, 0.25) is 0 Å². The van der Waals surface area contributed by atoms with Crippen LogP contribution in [-0.2, 0) is 14.4 Å². The average molecular weight is 573 g/mol. The van der Waals surface area contributed by atoms with Gasteiger partial charge in [-0.1, -0.05) is 58.4 Å². The Morgan fingerprint density at radius 3 is 2.58 bits per heavy atom. The fourth-order valence-electron chi connectivity index (χ4n) is 6.27. The highest BCUT2D eigenvalue weighted by Crippen LogP contribution is 2.68. The molecule has 7 nitrogen and oxygen atoms in total. The zero-order valence-corrected chi connectivity index (χ0v) is 22.8. The van der Waals surface area contributed by atoms with Gasteiger partial charge in [-0.2, -0.15) is 0 Å². The van der Waals surface area contributed by atoms with Crippen molar-refractivity contribution in [1.82, 2.24) is 10.2 Å². The van der Waals surface area contributed by atoms with Crippen molar-refractivity contribution in [3.63, 3.8) is 0 Å². The van der Waals surface area contributed by atoms with Gasteiger partial charge in [0.15, 0.2) is 0 Å². The van der Waals surface area contributed by atoms with Crippen LogP contribution in [0, 0.1) is 25.7 Å². The zero-order chi connectivity index (χ0) is 25.8. The van der Waals surface area contributed by atoms with Crippen molar-refractivity contribution < 1.29 is 19.5 Å². The number of likely N-dealkylation sites (tertiary alicyclic amines) is 1. The highest BCUT2D eigenvalue weighted by Gasteiger charge is 2.76. The van der Waals surface area contributed by atoms with E-state index in [-0.39, 0.29) is 34.4 Å². The molecule has 7 atom stereocenters. The molecule has 3 fully saturated rings. The Hall–Kier alpha value is -2.36. The first kappa shape index (κ1) is 25.3. The van der Waals surface area contributed by atoms with Crippen LogP contribution in [0.4, 0.5) is 5.69 Å². The van der Waals surface area contributed by atoms with Crippen molar-refractivity contribution in [2.75, 3.05) is 19.0 Å². The highest BCUT2D eigenvalue weighted by molar-refractivity contribution is 9.09. The Morgan fingerprint density at radius 1 is 1.19 bits per heavy atom. The number of aryl methyl sites for hydroxylation is 2. The van der Waals surface area contributed by atoms with Crippen LogP contribution in [-0.4, -0.2) is 62.2 Å². The van der Waals surface area contributed by atoms with E-state index in [0.29, 0.717) is 12.1 Å². The number of carbonyl (C=O) groups excluding carboxylic acids is 3. The van der Waals surface area contributed by atoms with Crippen molar-refractivity contribution in [3.8, 4) is 0 Å². The van der Waals surface area contributed by atoms with Crippen LogP contribution in [0.5, 0.6) is 0 Å².